The number of hydrogen-bond acceptors (Lipinski definition) is 3. The fourth-order valence-electron chi connectivity index (χ4n) is 2.60. The van der Waals surface area contributed by atoms with Gasteiger partial charge in [-0.1, -0.05) is 12.1 Å². The van der Waals surface area contributed by atoms with E-state index in [9.17, 15) is 4.79 Å². The number of amides is 1. The SMILES string of the molecule is Nc1cccc(NC(=O)CSc2ccc3c(c2)CCC3)c1. The van der Waals surface area contributed by atoms with E-state index in [1.54, 1.807) is 23.9 Å². The van der Waals surface area contributed by atoms with Gasteiger partial charge in [-0.05, 0) is 60.7 Å². The molecule has 0 aromatic heterocycles. The van der Waals surface area contributed by atoms with E-state index in [0.29, 0.717) is 11.4 Å². The van der Waals surface area contributed by atoms with Gasteiger partial charge >= 0.3 is 0 Å². The van der Waals surface area contributed by atoms with Crippen LogP contribution in [0.4, 0.5) is 11.4 Å². The molecule has 1 amide bonds. The first-order valence-corrected chi connectivity index (χ1v) is 8.09. The highest BCUT2D eigenvalue weighted by Crippen LogP contribution is 2.27. The van der Waals surface area contributed by atoms with Crippen molar-refractivity contribution in [3.05, 3.63) is 53.6 Å². The second-order valence-corrected chi connectivity index (χ2v) is 6.30. The van der Waals surface area contributed by atoms with Gasteiger partial charge in [-0.15, -0.1) is 11.8 Å². The summed E-state index contributed by atoms with van der Waals surface area (Å²) in [6.07, 6.45) is 3.61. The van der Waals surface area contributed by atoms with Crippen molar-refractivity contribution in [2.45, 2.75) is 24.2 Å². The summed E-state index contributed by atoms with van der Waals surface area (Å²) < 4.78 is 0. The van der Waals surface area contributed by atoms with E-state index in [4.69, 9.17) is 5.73 Å². The summed E-state index contributed by atoms with van der Waals surface area (Å²) in [7, 11) is 0. The molecule has 0 spiro atoms. The Morgan fingerprint density at radius 2 is 2.00 bits per heavy atom. The van der Waals surface area contributed by atoms with Gasteiger partial charge in [0.2, 0.25) is 5.91 Å². The molecule has 21 heavy (non-hydrogen) atoms. The lowest BCUT2D eigenvalue weighted by molar-refractivity contribution is -0.113. The lowest BCUT2D eigenvalue weighted by atomic mass is 10.1. The number of nitrogens with one attached hydrogen (secondary N) is 1. The normalized spacial score (nSPS) is 13.0. The van der Waals surface area contributed by atoms with Gasteiger partial charge < -0.3 is 11.1 Å². The molecule has 4 heteroatoms. The molecule has 0 bridgehead atoms. The molecule has 2 aromatic rings. The van der Waals surface area contributed by atoms with Crippen molar-refractivity contribution in [3.63, 3.8) is 0 Å². The number of aryl methyl sites for hydroxylation is 2. The number of nitrogens with two attached hydrogens (primary N) is 1. The van der Waals surface area contributed by atoms with Crippen molar-refractivity contribution >= 4 is 29.0 Å². The van der Waals surface area contributed by atoms with Crippen LogP contribution >= 0.6 is 11.8 Å². The summed E-state index contributed by atoms with van der Waals surface area (Å²) in [6.45, 7) is 0. The van der Waals surface area contributed by atoms with Crippen LogP contribution in [-0.2, 0) is 17.6 Å². The van der Waals surface area contributed by atoms with Crippen LogP contribution in [0, 0.1) is 0 Å². The Bertz CT molecular complexity index is 670. The zero-order chi connectivity index (χ0) is 14.7. The maximum Gasteiger partial charge on any atom is 0.234 e. The molecule has 0 radical (unpaired) electrons. The number of rotatable bonds is 4. The number of anilines is 2. The third-order valence-corrected chi connectivity index (χ3v) is 4.60. The maximum atomic E-state index is 12.0. The smallest absolute Gasteiger partial charge is 0.234 e. The Hall–Kier alpha value is -1.94. The highest BCUT2D eigenvalue weighted by Gasteiger charge is 2.11. The van der Waals surface area contributed by atoms with E-state index in [0.717, 1.165) is 5.69 Å². The number of nitrogen functional groups attached to an aromatic ring is 1. The number of hydrogen-bond donors (Lipinski definition) is 2. The van der Waals surface area contributed by atoms with Gasteiger partial charge in [0, 0.05) is 16.3 Å². The molecular formula is C17H18N2OS. The molecule has 1 aliphatic rings. The molecular weight excluding hydrogens is 280 g/mol. The van der Waals surface area contributed by atoms with Gasteiger partial charge in [-0.2, -0.15) is 0 Å². The summed E-state index contributed by atoms with van der Waals surface area (Å²) in [5.41, 5.74) is 9.99. The van der Waals surface area contributed by atoms with E-state index in [1.807, 2.05) is 12.1 Å². The average Bonchev–Trinajstić information content (AvgIpc) is 2.92. The van der Waals surface area contributed by atoms with Crippen LogP contribution in [0.3, 0.4) is 0 Å². The molecule has 0 saturated heterocycles. The predicted octanol–water partition coefficient (Wildman–Crippen LogP) is 3.49. The van der Waals surface area contributed by atoms with E-state index in [2.05, 4.69) is 23.5 Å². The van der Waals surface area contributed by atoms with Gasteiger partial charge in [-0.25, -0.2) is 0 Å². The minimum Gasteiger partial charge on any atom is -0.399 e. The van der Waals surface area contributed by atoms with Crippen molar-refractivity contribution in [1.29, 1.82) is 0 Å². The molecule has 0 atom stereocenters. The van der Waals surface area contributed by atoms with Crippen LogP contribution in [0.2, 0.25) is 0 Å². The van der Waals surface area contributed by atoms with Crippen molar-refractivity contribution in [2.75, 3.05) is 16.8 Å². The second-order valence-electron chi connectivity index (χ2n) is 5.25. The van der Waals surface area contributed by atoms with E-state index < -0.39 is 0 Å². The Labute approximate surface area is 128 Å². The minimum absolute atomic E-state index is 0.00824. The molecule has 1 aliphatic carbocycles. The molecule has 3 rings (SSSR count). The number of thioether (sulfide) groups is 1. The van der Waals surface area contributed by atoms with Crippen molar-refractivity contribution in [2.24, 2.45) is 0 Å². The minimum atomic E-state index is -0.00824. The van der Waals surface area contributed by atoms with Crippen molar-refractivity contribution < 1.29 is 4.79 Å². The monoisotopic (exact) mass is 298 g/mol. The zero-order valence-electron chi connectivity index (χ0n) is 11.8. The van der Waals surface area contributed by atoms with Crippen molar-refractivity contribution in [3.8, 4) is 0 Å². The molecule has 0 heterocycles. The number of fused-ring (bicyclic) bond motifs is 1. The first kappa shape index (κ1) is 14.0. The quantitative estimate of drug-likeness (QED) is 0.671. The number of benzene rings is 2. The van der Waals surface area contributed by atoms with Gasteiger partial charge in [0.05, 0.1) is 5.75 Å². The van der Waals surface area contributed by atoms with Crippen LogP contribution in [0.1, 0.15) is 17.5 Å². The van der Waals surface area contributed by atoms with Gasteiger partial charge in [-0.3, -0.25) is 4.79 Å². The number of carbonyl (C=O) groups excluding carboxylic acids is 1. The van der Waals surface area contributed by atoms with Crippen molar-refractivity contribution in [1.82, 2.24) is 0 Å². The zero-order valence-corrected chi connectivity index (χ0v) is 12.6. The first-order valence-electron chi connectivity index (χ1n) is 7.11. The largest absolute Gasteiger partial charge is 0.399 e. The van der Waals surface area contributed by atoms with Crippen LogP contribution in [-0.4, -0.2) is 11.7 Å². The third kappa shape index (κ3) is 3.58. The van der Waals surface area contributed by atoms with E-state index >= 15 is 0 Å². The predicted molar refractivity (Wildman–Crippen MR) is 88.7 cm³/mol. The van der Waals surface area contributed by atoms with Crippen LogP contribution < -0.4 is 11.1 Å². The molecule has 0 unspecified atom stereocenters. The third-order valence-electron chi connectivity index (χ3n) is 3.61. The Balaban J connectivity index is 1.56. The fourth-order valence-corrected chi connectivity index (χ4v) is 3.36. The topological polar surface area (TPSA) is 55.1 Å². The molecule has 0 fully saturated rings. The van der Waals surface area contributed by atoms with E-state index in [1.165, 1.54) is 35.3 Å². The molecule has 0 aliphatic heterocycles. The fraction of sp³-hybridized carbons (Fsp3) is 0.235. The molecule has 3 nitrogen and oxygen atoms in total. The highest BCUT2D eigenvalue weighted by molar-refractivity contribution is 8.00. The summed E-state index contributed by atoms with van der Waals surface area (Å²) in [6, 6.07) is 13.8. The summed E-state index contributed by atoms with van der Waals surface area (Å²) in [5, 5.41) is 2.87. The lowest BCUT2D eigenvalue weighted by Crippen LogP contribution is -2.14. The lowest BCUT2D eigenvalue weighted by Gasteiger charge is -2.07. The highest BCUT2D eigenvalue weighted by atomic mass is 32.2. The average molecular weight is 298 g/mol. The molecule has 2 aromatic carbocycles. The van der Waals surface area contributed by atoms with Crippen LogP contribution in [0.5, 0.6) is 0 Å². The summed E-state index contributed by atoms with van der Waals surface area (Å²) in [5.74, 6) is 0.402. The van der Waals surface area contributed by atoms with E-state index in [-0.39, 0.29) is 5.91 Å². The van der Waals surface area contributed by atoms with Crippen LogP contribution in [0.25, 0.3) is 0 Å². The van der Waals surface area contributed by atoms with Gasteiger partial charge in [0.15, 0.2) is 0 Å². The molecule has 3 N–H and O–H groups in total. The summed E-state index contributed by atoms with van der Waals surface area (Å²) in [4.78, 5) is 13.1. The standard InChI is InChI=1S/C17H18N2OS/c18-14-5-2-6-15(10-14)19-17(20)11-21-16-8-7-12-3-1-4-13(12)9-16/h2,5-10H,1,3-4,11,18H2,(H,19,20). The number of carbonyl (C=O) groups is 1. The van der Waals surface area contributed by atoms with Gasteiger partial charge in [0.25, 0.3) is 0 Å². The Morgan fingerprint density at radius 3 is 2.86 bits per heavy atom. The maximum absolute atomic E-state index is 12.0. The Morgan fingerprint density at radius 1 is 1.14 bits per heavy atom. The second kappa shape index (κ2) is 6.22. The first-order chi connectivity index (χ1) is 10.2. The molecule has 0 saturated carbocycles. The van der Waals surface area contributed by atoms with Gasteiger partial charge in [0.1, 0.15) is 0 Å². The molecule has 108 valence electrons. The Kier molecular flexibility index (Phi) is 4.15. The summed E-state index contributed by atoms with van der Waals surface area (Å²) >= 11 is 1.57. The van der Waals surface area contributed by atoms with Crippen LogP contribution in [0.15, 0.2) is 47.4 Å².